The van der Waals surface area contributed by atoms with Crippen LogP contribution < -0.4 is 5.32 Å². The third-order valence-corrected chi connectivity index (χ3v) is 5.30. The lowest BCUT2D eigenvalue weighted by atomic mass is 10.1. The molecule has 1 N–H and O–H groups in total. The summed E-state index contributed by atoms with van der Waals surface area (Å²) in [5, 5.41) is 15.6. The highest BCUT2D eigenvalue weighted by molar-refractivity contribution is 5.81. The number of aromatic nitrogens is 6. The second-order valence-corrected chi connectivity index (χ2v) is 7.49. The number of nitrogens with zero attached hydrogens (tertiary/aromatic N) is 7. The number of anilines is 2. The van der Waals surface area contributed by atoms with Crippen molar-refractivity contribution in [3.8, 4) is 11.1 Å². The van der Waals surface area contributed by atoms with Gasteiger partial charge >= 0.3 is 0 Å². The highest BCUT2D eigenvalue weighted by Crippen LogP contribution is 2.23. The maximum atomic E-state index is 5.40. The Hall–Kier alpha value is -3.43. The highest BCUT2D eigenvalue weighted by atomic mass is 16.5. The predicted octanol–water partition coefficient (Wildman–Crippen LogP) is 2.75. The number of aryl methyl sites for hydroxylation is 1. The Labute approximate surface area is 180 Å². The van der Waals surface area contributed by atoms with Crippen molar-refractivity contribution in [3.05, 3.63) is 55.1 Å². The molecule has 5 heterocycles. The molecule has 5 rings (SSSR count). The highest BCUT2D eigenvalue weighted by Gasteiger charge is 2.10. The van der Waals surface area contributed by atoms with Crippen LogP contribution in [-0.2, 0) is 11.3 Å². The minimum absolute atomic E-state index is 0.650. The summed E-state index contributed by atoms with van der Waals surface area (Å²) in [5.41, 5.74) is 3.68. The van der Waals surface area contributed by atoms with Crippen LogP contribution in [0.1, 0.15) is 6.42 Å². The van der Waals surface area contributed by atoms with Gasteiger partial charge in [-0.15, -0.1) is 5.10 Å². The van der Waals surface area contributed by atoms with Crippen molar-refractivity contribution in [2.24, 2.45) is 0 Å². The van der Waals surface area contributed by atoms with E-state index < -0.39 is 0 Å². The van der Waals surface area contributed by atoms with E-state index >= 15 is 0 Å². The van der Waals surface area contributed by atoms with Crippen LogP contribution in [0.15, 0.2) is 55.1 Å². The number of hydrogen-bond acceptors (Lipinski definition) is 8. The predicted molar refractivity (Wildman–Crippen MR) is 118 cm³/mol. The van der Waals surface area contributed by atoms with Gasteiger partial charge in [-0.05, 0) is 36.8 Å². The minimum Gasteiger partial charge on any atom is -0.379 e. The fourth-order valence-corrected chi connectivity index (χ4v) is 3.65. The van der Waals surface area contributed by atoms with E-state index in [1.165, 1.54) is 0 Å². The molecule has 0 aromatic carbocycles. The smallest absolute Gasteiger partial charge is 0.154 e. The molecule has 0 amide bonds. The summed E-state index contributed by atoms with van der Waals surface area (Å²) in [6.07, 6.45) is 8.53. The average Bonchev–Trinajstić information content (AvgIpc) is 3.29. The quantitative estimate of drug-likeness (QED) is 0.492. The molecule has 1 aliphatic heterocycles. The Morgan fingerprint density at radius 1 is 0.968 bits per heavy atom. The molecule has 31 heavy (non-hydrogen) atoms. The third-order valence-electron chi connectivity index (χ3n) is 5.30. The van der Waals surface area contributed by atoms with E-state index in [0.29, 0.717) is 11.6 Å². The summed E-state index contributed by atoms with van der Waals surface area (Å²) < 4.78 is 7.40. The van der Waals surface area contributed by atoms with Gasteiger partial charge in [-0.25, -0.2) is 4.98 Å². The molecule has 9 heteroatoms. The molecule has 0 saturated carbocycles. The molecule has 0 unspecified atom stereocenters. The first-order valence-corrected chi connectivity index (χ1v) is 10.5. The Kier molecular flexibility index (Phi) is 5.76. The van der Waals surface area contributed by atoms with Crippen LogP contribution in [-0.4, -0.2) is 67.7 Å². The number of pyridine rings is 2. The van der Waals surface area contributed by atoms with E-state index in [1.54, 1.807) is 6.20 Å². The van der Waals surface area contributed by atoms with Gasteiger partial charge in [-0.2, -0.15) is 10.2 Å². The zero-order valence-corrected chi connectivity index (χ0v) is 17.2. The Balaban J connectivity index is 1.27. The molecule has 9 nitrogen and oxygen atoms in total. The second-order valence-electron chi connectivity index (χ2n) is 7.49. The van der Waals surface area contributed by atoms with Gasteiger partial charge in [0.2, 0.25) is 0 Å². The lowest BCUT2D eigenvalue weighted by molar-refractivity contribution is 0.0368. The summed E-state index contributed by atoms with van der Waals surface area (Å²) in [5.74, 6) is 1.35. The number of rotatable bonds is 7. The van der Waals surface area contributed by atoms with Crippen LogP contribution in [0.3, 0.4) is 0 Å². The van der Waals surface area contributed by atoms with Crippen LogP contribution in [0.5, 0.6) is 0 Å². The fourth-order valence-electron chi connectivity index (χ4n) is 3.65. The molecule has 0 bridgehead atoms. The first-order valence-electron chi connectivity index (χ1n) is 10.5. The van der Waals surface area contributed by atoms with Crippen molar-refractivity contribution in [3.63, 3.8) is 0 Å². The van der Waals surface area contributed by atoms with E-state index in [4.69, 9.17) is 4.74 Å². The topological polar surface area (TPSA) is 93.9 Å². The number of ether oxygens (including phenoxy) is 1. The zero-order chi connectivity index (χ0) is 20.9. The van der Waals surface area contributed by atoms with Gasteiger partial charge in [0.25, 0.3) is 0 Å². The van der Waals surface area contributed by atoms with E-state index in [0.717, 1.165) is 68.0 Å². The van der Waals surface area contributed by atoms with Gasteiger partial charge in [-0.1, -0.05) is 0 Å². The van der Waals surface area contributed by atoms with Gasteiger partial charge in [0, 0.05) is 55.9 Å². The van der Waals surface area contributed by atoms with Crippen LogP contribution >= 0.6 is 0 Å². The van der Waals surface area contributed by atoms with Crippen LogP contribution in [0.2, 0.25) is 0 Å². The summed E-state index contributed by atoms with van der Waals surface area (Å²) in [6, 6.07) is 9.55. The van der Waals surface area contributed by atoms with Crippen molar-refractivity contribution in [2.45, 2.75) is 13.0 Å². The molecule has 0 spiro atoms. The summed E-state index contributed by atoms with van der Waals surface area (Å²) >= 11 is 0. The van der Waals surface area contributed by atoms with Gasteiger partial charge < -0.3 is 10.1 Å². The average molecular weight is 416 g/mol. The van der Waals surface area contributed by atoms with Crippen molar-refractivity contribution >= 4 is 22.7 Å². The molecule has 0 atom stereocenters. The Bertz CT molecular complexity index is 1140. The third kappa shape index (κ3) is 4.84. The van der Waals surface area contributed by atoms with Crippen LogP contribution in [0.25, 0.3) is 22.2 Å². The SMILES string of the molecule is c1cnnc(Nc2ccc3ncc(-c4cnn(CCCN5CCOCC5)c4)cc3n2)c1. The fraction of sp³-hybridized carbons (Fsp3) is 0.318. The van der Waals surface area contributed by atoms with E-state index in [1.807, 2.05) is 47.4 Å². The van der Waals surface area contributed by atoms with Gasteiger partial charge in [0.15, 0.2) is 5.82 Å². The van der Waals surface area contributed by atoms with E-state index in [9.17, 15) is 0 Å². The molecule has 0 aliphatic carbocycles. The number of hydrogen-bond donors (Lipinski definition) is 1. The van der Waals surface area contributed by atoms with E-state index in [-0.39, 0.29) is 0 Å². The van der Waals surface area contributed by atoms with Crippen LogP contribution in [0.4, 0.5) is 11.6 Å². The minimum atomic E-state index is 0.650. The first-order chi connectivity index (χ1) is 15.3. The first kappa shape index (κ1) is 19.5. The monoisotopic (exact) mass is 416 g/mol. The molecule has 1 aliphatic rings. The van der Waals surface area contributed by atoms with Crippen molar-refractivity contribution < 1.29 is 4.74 Å². The molecular weight excluding hydrogens is 392 g/mol. The number of fused-ring (bicyclic) bond motifs is 1. The Morgan fingerprint density at radius 3 is 2.77 bits per heavy atom. The standard InChI is InChI=1S/C22H24N8O/c1-3-22(28-24-6-1)27-21-5-4-19-20(26-21)13-17(14-23-19)18-15-25-30(16-18)8-2-7-29-9-11-31-12-10-29/h1,3-6,13-16H,2,7-12H2,(H,26,27,28). The lowest BCUT2D eigenvalue weighted by Crippen LogP contribution is -2.37. The normalized spacial score (nSPS) is 14.7. The molecule has 1 saturated heterocycles. The molecule has 158 valence electrons. The second kappa shape index (κ2) is 9.15. The molecule has 4 aromatic rings. The van der Waals surface area contributed by atoms with Crippen LogP contribution in [0, 0.1) is 0 Å². The van der Waals surface area contributed by atoms with Crippen molar-refractivity contribution in [2.75, 3.05) is 38.2 Å². The lowest BCUT2D eigenvalue weighted by Gasteiger charge is -2.26. The number of nitrogens with one attached hydrogen (secondary N) is 1. The maximum Gasteiger partial charge on any atom is 0.154 e. The molecule has 1 fully saturated rings. The molecule has 4 aromatic heterocycles. The Morgan fingerprint density at radius 2 is 1.90 bits per heavy atom. The van der Waals surface area contributed by atoms with Crippen molar-refractivity contribution in [1.29, 1.82) is 0 Å². The summed E-state index contributed by atoms with van der Waals surface area (Å²) in [4.78, 5) is 11.7. The number of morpholine rings is 1. The maximum absolute atomic E-state index is 5.40. The summed E-state index contributed by atoms with van der Waals surface area (Å²) in [6.45, 7) is 5.68. The molecular formula is C22H24N8O. The largest absolute Gasteiger partial charge is 0.379 e. The zero-order valence-electron chi connectivity index (χ0n) is 17.2. The van der Waals surface area contributed by atoms with Crippen molar-refractivity contribution in [1.82, 2.24) is 34.8 Å². The van der Waals surface area contributed by atoms with E-state index in [2.05, 4.69) is 41.7 Å². The van der Waals surface area contributed by atoms with Gasteiger partial charge in [0.05, 0.1) is 30.4 Å². The summed E-state index contributed by atoms with van der Waals surface area (Å²) in [7, 11) is 0. The molecule has 0 radical (unpaired) electrons. The van der Waals surface area contributed by atoms with Gasteiger partial charge in [0.1, 0.15) is 5.82 Å². The van der Waals surface area contributed by atoms with Gasteiger partial charge in [-0.3, -0.25) is 14.6 Å².